The van der Waals surface area contributed by atoms with Crippen LogP contribution in [-0.2, 0) is 9.59 Å². The molecule has 1 N–H and O–H groups in total. The first kappa shape index (κ1) is 23.2. The molecule has 1 aromatic heterocycles. The number of rotatable bonds is 5. The van der Waals surface area contributed by atoms with Gasteiger partial charge in [-0.1, -0.05) is 29.5 Å². The average molecular weight is 502 g/mol. The fourth-order valence-electron chi connectivity index (χ4n) is 4.17. The Labute approximate surface area is 209 Å². The third kappa shape index (κ3) is 3.87. The lowest BCUT2D eigenvalue weighted by Crippen LogP contribution is -2.29. The Bertz CT molecular complexity index is 1570. The second-order valence-corrected chi connectivity index (χ2v) is 9.23. The maximum absolute atomic E-state index is 13.3. The molecule has 4 aromatic rings. The Balaban J connectivity index is 1.72. The smallest absolute Gasteiger partial charge is 0.301 e. The van der Waals surface area contributed by atoms with Gasteiger partial charge in [-0.3, -0.25) is 24.6 Å². The van der Waals surface area contributed by atoms with Crippen molar-refractivity contribution in [2.75, 3.05) is 12.0 Å². The van der Waals surface area contributed by atoms with E-state index in [1.165, 1.54) is 47.6 Å². The molecule has 0 aliphatic carbocycles. The van der Waals surface area contributed by atoms with Crippen molar-refractivity contribution in [1.82, 2.24) is 4.98 Å². The lowest BCUT2D eigenvalue weighted by Gasteiger charge is -2.22. The van der Waals surface area contributed by atoms with Gasteiger partial charge < -0.3 is 9.84 Å². The van der Waals surface area contributed by atoms with Gasteiger partial charge in [0, 0.05) is 17.7 Å². The number of ketones is 1. The van der Waals surface area contributed by atoms with Crippen LogP contribution < -0.4 is 9.64 Å². The van der Waals surface area contributed by atoms with Crippen molar-refractivity contribution < 1.29 is 24.4 Å². The normalized spacial score (nSPS) is 17.1. The Morgan fingerprint density at radius 3 is 2.56 bits per heavy atom. The van der Waals surface area contributed by atoms with Gasteiger partial charge in [0.05, 0.1) is 33.9 Å². The van der Waals surface area contributed by atoms with Crippen LogP contribution in [0.4, 0.5) is 10.8 Å². The third-order valence-electron chi connectivity index (χ3n) is 5.95. The van der Waals surface area contributed by atoms with Crippen molar-refractivity contribution in [2.24, 2.45) is 0 Å². The highest BCUT2D eigenvalue weighted by molar-refractivity contribution is 7.22. The number of nitro benzene ring substituents is 1. The number of anilines is 1. The Hall–Kier alpha value is -4.57. The van der Waals surface area contributed by atoms with E-state index >= 15 is 0 Å². The van der Waals surface area contributed by atoms with E-state index in [1.807, 2.05) is 25.1 Å². The number of hydrogen-bond donors (Lipinski definition) is 1. The maximum atomic E-state index is 13.3. The monoisotopic (exact) mass is 501 g/mol. The second-order valence-electron chi connectivity index (χ2n) is 8.22. The number of benzene rings is 3. The molecule has 3 aromatic carbocycles. The zero-order valence-corrected chi connectivity index (χ0v) is 20.0. The van der Waals surface area contributed by atoms with E-state index in [0.717, 1.165) is 10.3 Å². The van der Waals surface area contributed by atoms with Gasteiger partial charge >= 0.3 is 5.91 Å². The number of aliphatic hydroxyl groups excluding tert-OH is 1. The summed E-state index contributed by atoms with van der Waals surface area (Å²) in [5.41, 5.74) is 2.11. The molecule has 1 aliphatic heterocycles. The van der Waals surface area contributed by atoms with E-state index in [9.17, 15) is 24.8 Å². The van der Waals surface area contributed by atoms with Crippen LogP contribution in [0.25, 0.3) is 16.0 Å². The molecule has 0 saturated carbocycles. The Morgan fingerprint density at radius 1 is 1.11 bits per heavy atom. The summed E-state index contributed by atoms with van der Waals surface area (Å²) < 4.78 is 6.06. The molecule has 180 valence electrons. The van der Waals surface area contributed by atoms with Gasteiger partial charge in [-0.25, -0.2) is 4.98 Å². The number of non-ortho nitro benzene ring substituents is 1. The van der Waals surface area contributed by atoms with Crippen molar-refractivity contribution in [3.05, 3.63) is 99.1 Å². The molecule has 0 radical (unpaired) electrons. The minimum atomic E-state index is -1.04. The zero-order chi connectivity index (χ0) is 25.6. The predicted octanol–water partition coefficient (Wildman–Crippen LogP) is 5.15. The summed E-state index contributed by atoms with van der Waals surface area (Å²) in [5, 5.41) is 22.7. The number of ether oxygens (including phenoxy) is 1. The number of nitro groups is 1. The number of carbonyl (C=O) groups excluding carboxylic acids is 2. The zero-order valence-electron chi connectivity index (χ0n) is 19.2. The fraction of sp³-hybridized carbons (Fsp3) is 0.115. The minimum absolute atomic E-state index is 0.140. The van der Waals surface area contributed by atoms with Crippen LogP contribution in [0.3, 0.4) is 0 Å². The van der Waals surface area contributed by atoms with E-state index in [2.05, 4.69) is 4.98 Å². The number of hydrogen-bond acceptors (Lipinski definition) is 8. The number of aliphatic hydroxyl groups is 1. The molecule has 1 saturated heterocycles. The molecule has 1 fully saturated rings. The van der Waals surface area contributed by atoms with Crippen LogP contribution in [0, 0.1) is 17.0 Å². The van der Waals surface area contributed by atoms with E-state index in [-0.39, 0.29) is 22.2 Å². The summed E-state index contributed by atoms with van der Waals surface area (Å²) in [6.45, 7) is 1.94. The van der Waals surface area contributed by atoms with E-state index in [0.29, 0.717) is 22.4 Å². The summed E-state index contributed by atoms with van der Waals surface area (Å²) in [7, 11) is 1.48. The molecule has 0 spiro atoms. The first-order valence-corrected chi connectivity index (χ1v) is 11.7. The summed E-state index contributed by atoms with van der Waals surface area (Å²) in [5.74, 6) is -1.65. The van der Waals surface area contributed by atoms with Gasteiger partial charge in [-0.05, 0) is 54.4 Å². The maximum Gasteiger partial charge on any atom is 0.301 e. The number of aromatic nitrogens is 1. The standard InChI is InChI=1S/C26H19N3O6S/c1-14-6-11-19-20(12-14)36-26(27-19)28-22(15-7-9-17(10-8-15)29(33)34)21(24(31)25(28)32)23(30)16-4-3-5-18(13-16)35-2/h3-13,22,30H,1-2H3/b23-21+/t22-/m1/s1. The molecule has 36 heavy (non-hydrogen) atoms. The SMILES string of the molecule is COc1cccc(/C(O)=C2\C(=O)C(=O)N(c3nc4ccc(C)cc4s3)[C@@H]2c2ccc([N+](=O)[O-])cc2)c1. The molecular weight excluding hydrogens is 482 g/mol. The number of amides is 1. The van der Waals surface area contributed by atoms with Crippen molar-refractivity contribution in [3.63, 3.8) is 0 Å². The topological polar surface area (TPSA) is 123 Å². The van der Waals surface area contributed by atoms with Crippen molar-refractivity contribution >= 4 is 49.8 Å². The highest BCUT2D eigenvalue weighted by Crippen LogP contribution is 2.44. The Kier molecular flexibility index (Phi) is 5.73. The molecule has 1 aliphatic rings. The number of thiazole rings is 1. The largest absolute Gasteiger partial charge is 0.507 e. The van der Waals surface area contributed by atoms with Crippen LogP contribution >= 0.6 is 11.3 Å². The number of Topliss-reactive ketones (excluding diaryl/α,β-unsaturated/α-hetero) is 1. The second kappa shape index (κ2) is 8.90. The van der Waals surface area contributed by atoms with Gasteiger partial charge in [0.2, 0.25) is 0 Å². The van der Waals surface area contributed by atoms with Crippen LogP contribution in [0.2, 0.25) is 0 Å². The number of carbonyl (C=O) groups is 2. The number of fused-ring (bicyclic) bond motifs is 1. The van der Waals surface area contributed by atoms with Gasteiger partial charge in [-0.15, -0.1) is 0 Å². The number of nitrogens with zero attached hydrogens (tertiary/aromatic N) is 3. The highest BCUT2D eigenvalue weighted by Gasteiger charge is 2.48. The minimum Gasteiger partial charge on any atom is -0.507 e. The number of aryl methyl sites for hydroxylation is 1. The van der Waals surface area contributed by atoms with Gasteiger partial charge in [-0.2, -0.15) is 0 Å². The molecule has 0 unspecified atom stereocenters. The van der Waals surface area contributed by atoms with Crippen LogP contribution in [0.15, 0.2) is 72.3 Å². The summed E-state index contributed by atoms with van der Waals surface area (Å²) in [6.07, 6.45) is 0. The molecule has 10 heteroatoms. The molecule has 1 atom stereocenters. The van der Waals surface area contributed by atoms with Gasteiger partial charge in [0.1, 0.15) is 11.5 Å². The van der Waals surface area contributed by atoms with E-state index in [4.69, 9.17) is 4.74 Å². The van der Waals surface area contributed by atoms with Crippen molar-refractivity contribution in [3.8, 4) is 5.75 Å². The molecule has 0 bridgehead atoms. The summed E-state index contributed by atoms with van der Waals surface area (Å²) in [4.78, 5) is 43.1. The first-order chi connectivity index (χ1) is 17.3. The molecule has 9 nitrogen and oxygen atoms in total. The first-order valence-electron chi connectivity index (χ1n) is 10.9. The quantitative estimate of drug-likeness (QED) is 0.132. The lowest BCUT2D eigenvalue weighted by molar-refractivity contribution is -0.384. The fourth-order valence-corrected chi connectivity index (χ4v) is 5.26. The van der Waals surface area contributed by atoms with Crippen LogP contribution in [-0.4, -0.2) is 33.8 Å². The molecule has 1 amide bonds. The van der Waals surface area contributed by atoms with Crippen molar-refractivity contribution in [1.29, 1.82) is 0 Å². The van der Waals surface area contributed by atoms with Crippen LogP contribution in [0.5, 0.6) is 5.75 Å². The average Bonchev–Trinajstić information content (AvgIpc) is 3.41. The lowest BCUT2D eigenvalue weighted by atomic mass is 9.95. The molecule has 5 rings (SSSR count). The van der Waals surface area contributed by atoms with Crippen LogP contribution in [0.1, 0.15) is 22.7 Å². The van der Waals surface area contributed by atoms with E-state index in [1.54, 1.807) is 24.3 Å². The number of methoxy groups -OCH3 is 1. The summed E-state index contributed by atoms with van der Waals surface area (Å²) >= 11 is 1.25. The summed E-state index contributed by atoms with van der Waals surface area (Å²) in [6, 6.07) is 16.6. The predicted molar refractivity (Wildman–Crippen MR) is 135 cm³/mol. The van der Waals surface area contributed by atoms with Gasteiger partial charge in [0.15, 0.2) is 5.13 Å². The highest BCUT2D eigenvalue weighted by atomic mass is 32.1. The molecule has 2 heterocycles. The van der Waals surface area contributed by atoms with Gasteiger partial charge in [0.25, 0.3) is 11.5 Å². The third-order valence-corrected chi connectivity index (χ3v) is 6.96. The van der Waals surface area contributed by atoms with Crippen molar-refractivity contribution in [2.45, 2.75) is 13.0 Å². The Morgan fingerprint density at radius 2 is 1.86 bits per heavy atom. The molecular formula is C26H19N3O6S. The van der Waals surface area contributed by atoms with E-state index < -0.39 is 22.7 Å².